The predicted octanol–water partition coefficient (Wildman–Crippen LogP) is 4.47. The topological polar surface area (TPSA) is 69.0 Å². The number of likely N-dealkylation sites (tertiary alicyclic amines) is 1. The number of methoxy groups -OCH3 is 2. The number of hydrogen-bond donors (Lipinski definition) is 0. The molecule has 4 rings (SSSR count). The van der Waals surface area contributed by atoms with Crippen molar-refractivity contribution in [1.29, 1.82) is 0 Å². The van der Waals surface area contributed by atoms with Crippen molar-refractivity contribution in [3.05, 3.63) is 41.2 Å². The van der Waals surface area contributed by atoms with E-state index in [0.29, 0.717) is 30.4 Å². The van der Waals surface area contributed by atoms with Gasteiger partial charge in [0.2, 0.25) is 5.91 Å². The fourth-order valence-electron chi connectivity index (χ4n) is 5.09. The van der Waals surface area contributed by atoms with Gasteiger partial charge < -0.3 is 14.4 Å². The van der Waals surface area contributed by atoms with E-state index in [1.54, 1.807) is 14.2 Å². The van der Waals surface area contributed by atoms with Crippen LogP contribution >= 0.6 is 0 Å². The molecule has 2 aromatic heterocycles. The molecule has 0 saturated carbocycles. The molecule has 2 atom stereocenters. The first-order valence-corrected chi connectivity index (χ1v) is 11.7. The highest BCUT2D eigenvalue weighted by Crippen LogP contribution is 2.33. The van der Waals surface area contributed by atoms with Crippen molar-refractivity contribution < 1.29 is 14.3 Å². The average molecular weight is 451 g/mol. The van der Waals surface area contributed by atoms with Crippen molar-refractivity contribution >= 4 is 11.6 Å². The lowest BCUT2D eigenvalue weighted by molar-refractivity contribution is -0.133. The zero-order chi connectivity index (χ0) is 23.7. The average Bonchev–Trinajstić information content (AvgIpc) is 3.21. The zero-order valence-electron chi connectivity index (χ0n) is 20.5. The van der Waals surface area contributed by atoms with Crippen molar-refractivity contribution in [2.75, 3.05) is 27.3 Å². The number of hydrogen-bond acceptors (Lipinski definition) is 5. The highest BCUT2D eigenvalue weighted by Gasteiger charge is 2.25. The Morgan fingerprint density at radius 1 is 1.09 bits per heavy atom. The first kappa shape index (κ1) is 23.1. The summed E-state index contributed by atoms with van der Waals surface area (Å²) in [6.07, 6.45) is 2.36. The normalized spacial score (nSPS) is 18.5. The van der Waals surface area contributed by atoms with Crippen molar-refractivity contribution in [1.82, 2.24) is 19.5 Å². The fourth-order valence-corrected chi connectivity index (χ4v) is 5.09. The van der Waals surface area contributed by atoms with Gasteiger partial charge in [-0.25, -0.2) is 9.50 Å². The maximum atomic E-state index is 12.9. The Hall–Kier alpha value is -3.09. The molecule has 1 saturated heterocycles. The number of carbonyl (C=O) groups excluding carboxylic acids is 1. The van der Waals surface area contributed by atoms with Crippen LogP contribution in [0.1, 0.15) is 43.6 Å². The second-order valence-corrected chi connectivity index (χ2v) is 9.37. The van der Waals surface area contributed by atoms with Crippen LogP contribution in [-0.4, -0.2) is 52.7 Å². The molecule has 33 heavy (non-hydrogen) atoms. The molecule has 0 aliphatic carbocycles. The highest BCUT2D eigenvalue weighted by molar-refractivity contribution is 5.77. The van der Waals surface area contributed by atoms with Crippen LogP contribution in [0.2, 0.25) is 0 Å². The molecule has 3 heterocycles. The summed E-state index contributed by atoms with van der Waals surface area (Å²) in [5, 5.41) is 4.82. The van der Waals surface area contributed by atoms with E-state index in [-0.39, 0.29) is 5.91 Å². The molecule has 0 N–H and O–H groups in total. The van der Waals surface area contributed by atoms with Gasteiger partial charge in [0, 0.05) is 48.6 Å². The number of aromatic nitrogens is 3. The fraction of sp³-hybridized carbons (Fsp3) is 0.500. The van der Waals surface area contributed by atoms with Crippen molar-refractivity contribution in [3.63, 3.8) is 0 Å². The number of rotatable bonds is 6. The molecule has 7 heteroatoms. The van der Waals surface area contributed by atoms with Crippen molar-refractivity contribution in [2.45, 2.75) is 47.0 Å². The smallest absolute Gasteiger partial charge is 0.222 e. The van der Waals surface area contributed by atoms with Crippen molar-refractivity contribution in [2.24, 2.45) is 11.8 Å². The van der Waals surface area contributed by atoms with Gasteiger partial charge in [-0.1, -0.05) is 13.8 Å². The highest BCUT2D eigenvalue weighted by atomic mass is 16.5. The van der Waals surface area contributed by atoms with Gasteiger partial charge in [0.05, 0.1) is 19.9 Å². The van der Waals surface area contributed by atoms with E-state index < -0.39 is 0 Å². The Labute approximate surface area is 195 Å². The first-order valence-electron chi connectivity index (χ1n) is 11.7. The molecule has 1 aromatic carbocycles. The Morgan fingerprint density at radius 2 is 1.82 bits per heavy atom. The minimum Gasteiger partial charge on any atom is -0.497 e. The van der Waals surface area contributed by atoms with Gasteiger partial charge in [-0.15, -0.1) is 0 Å². The molecule has 7 nitrogen and oxygen atoms in total. The number of amides is 1. The number of benzene rings is 1. The number of ether oxygens (including phenoxy) is 2. The molecule has 1 aliphatic heterocycles. The Morgan fingerprint density at radius 3 is 2.48 bits per heavy atom. The summed E-state index contributed by atoms with van der Waals surface area (Å²) in [7, 11) is 3.27. The molecule has 1 fully saturated rings. The van der Waals surface area contributed by atoms with E-state index in [4.69, 9.17) is 19.6 Å². The van der Waals surface area contributed by atoms with Crippen LogP contribution in [0, 0.1) is 25.7 Å². The Kier molecular flexibility index (Phi) is 6.58. The minimum absolute atomic E-state index is 0.233. The van der Waals surface area contributed by atoms with E-state index >= 15 is 0 Å². The molecule has 0 spiro atoms. The standard InChI is InChI=1S/C26H34N4O3/c1-16-11-17(2)15-29(14-16)26(31)10-9-21-18(3)27-25-13-23(28-30(25)19(21)4)22-8-7-20(32-5)12-24(22)33-6/h7-8,12-13,16-17H,9-11,14-15H2,1-6H3/t16-,17+. The summed E-state index contributed by atoms with van der Waals surface area (Å²) >= 11 is 0. The molecule has 1 amide bonds. The summed E-state index contributed by atoms with van der Waals surface area (Å²) in [6.45, 7) is 10.3. The predicted molar refractivity (Wildman–Crippen MR) is 129 cm³/mol. The third-order valence-corrected chi connectivity index (χ3v) is 6.66. The van der Waals surface area contributed by atoms with E-state index in [1.807, 2.05) is 40.6 Å². The molecular weight excluding hydrogens is 416 g/mol. The van der Waals surface area contributed by atoms with E-state index in [0.717, 1.165) is 52.7 Å². The molecule has 1 aliphatic rings. The zero-order valence-corrected chi connectivity index (χ0v) is 20.5. The molecular formula is C26H34N4O3. The van der Waals surface area contributed by atoms with E-state index in [1.165, 1.54) is 6.42 Å². The van der Waals surface area contributed by atoms with Crippen LogP contribution in [0.3, 0.4) is 0 Å². The van der Waals surface area contributed by atoms with Gasteiger partial charge in [0.25, 0.3) is 0 Å². The van der Waals surface area contributed by atoms with Gasteiger partial charge in [0.1, 0.15) is 11.5 Å². The lowest BCUT2D eigenvalue weighted by Gasteiger charge is -2.35. The van der Waals surface area contributed by atoms with Crippen molar-refractivity contribution in [3.8, 4) is 22.8 Å². The largest absolute Gasteiger partial charge is 0.497 e. The van der Waals surface area contributed by atoms with Crippen LogP contribution in [0.4, 0.5) is 0 Å². The minimum atomic E-state index is 0.233. The maximum absolute atomic E-state index is 12.9. The van der Waals surface area contributed by atoms with Crippen LogP contribution < -0.4 is 9.47 Å². The maximum Gasteiger partial charge on any atom is 0.222 e. The third-order valence-electron chi connectivity index (χ3n) is 6.66. The summed E-state index contributed by atoms with van der Waals surface area (Å²) in [5.74, 6) is 2.79. The first-order chi connectivity index (χ1) is 15.8. The third kappa shape index (κ3) is 4.68. The van der Waals surface area contributed by atoms with Crippen LogP contribution in [-0.2, 0) is 11.2 Å². The Balaban J connectivity index is 1.59. The molecule has 0 unspecified atom stereocenters. The van der Waals surface area contributed by atoms with E-state index in [9.17, 15) is 4.79 Å². The number of piperidine rings is 1. The number of aryl methyl sites for hydroxylation is 2. The van der Waals surface area contributed by atoms with Crippen LogP contribution in [0.5, 0.6) is 11.5 Å². The molecule has 0 radical (unpaired) electrons. The number of nitrogens with zero attached hydrogens (tertiary/aromatic N) is 4. The second kappa shape index (κ2) is 9.41. The molecule has 176 valence electrons. The molecule has 3 aromatic rings. The van der Waals surface area contributed by atoms with Gasteiger partial charge in [-0.3, -0.25) is 4.79 Å². The van der Waals surface area contributed by atoms with Gasteiger partial charge >= 0.3 is 0 Å². The van der Waals surface area contributed by atoms with Crippen LogP contribution in [0.15, 0.2) is 24.3 Å². The number of carbonyl (C=O) groups is 1. The monoisotopic (exact) mass is 450 g/mol. The summed E-state index contributed by atoms with van der Waals surface area (Å²) in [4.78, 5) is 19.8. The molecule has 0 bridgehead atoms. The van der Waals surface area contributed by atoms with E-state index in [2.05, 4.69) is 20.8 Å². The second-order valence-electron chi connectivity index (χ2n) is 9.37. The quantitative estimate of drug-likeness (QED) is 0.554. The SMILES string of the molecule is COc1ccc(-c2cc3nc(C)c(CCC(=O)N4C[C@H](C)C[C@H](C)C4)c(C)n3n2)c(OC)c1. The lowest BCUT2D eigenvalue weighted by atomic mass is 9.91. The van der Waals surface area contributed by atoms with Gasteiger partial charge in [-0.2, -0.15) is 5.10 Å². The summed E-state index contributed by atoms with van der Waals surface area (Å²) in [6, 6.07) is 7.66. The lowest BCUT2D eigenvalue weighted by Crippen LogP contribution is -2.42. The summed E-state index contributed by atoms with van der Waals surface area (Å²) in [5.41, 5.74) is 5.50. The number of fused-ring (bicyclic) bond motifs is 1. The van der Waals surface area contributed by atoms with Crippen LogP contribution in [0.25, 0.3) is 16.9 Å². The summed E-state index contributed by atoms with van der Waals surface area (Å²) < 4.78 is 12.7. The van der Waals surface area contributed by atoms with Gasteiger partial charge in [-0.05, 0) is 56.2 Å². The van der Waals surface area contributed by atoms with Gasteiger partial charge in [0.15, 0.2) is 5.65 Å². The Bertz CT molecular complexity index is 1160.